The summed E-state index contributed by atoms with van der Waals surface area (Å²) >= 11 is 6.25. The molecule has 0 saturated carbocycles. The Morgan fingerprint density at radius 3 is 2.00 bits per heavy atom. The van der Waals surface area contributed by atoms with Crippen LogP contribution < -0.4 is 0 Å². The topological polar surface area (TPSA) is 76.0 Å². The van der Waals surface area contributed by atoms with Gasteiger partial charge in [-0.3, -0.25) is 4.57 Å². The first-order valence-corrected chi connectivity index (χ1v) is 8.09. The van der Waals surface area contributed by atoms with E-state index in [0.29, 0.717) is 24.3 Å². The van der Waals surface area contributed by atoms with Crippen molar-refractivity contribution in [3.8, 4) is 0 Å². The summed E-state index contributed by atoms with van der Waals surface area (Å²) in [6, 6.07) is 6.49. The van der Waals surface area contributed by atoms with Crippen LogP contribution in [0, 0.1) is 0 Å². The van der Waals surface area contributed by atoms with Gasteiger partial charge in [-0.1, -0.05) is 35.9 Å². The molecule has 0 atom stereocenters. The molecule has 0 unspecified atom stereocenters. The third-order valence-corrected chi connectivity index (χ3v) is 3.56. The second-order valence-electron chi connectivity index (χ2n) is 3.92. The molecule has 0 saturated heterocycles. The van der Waals surface area contributed by atoms with Gasteiger partial charge in [0.15, 0.2) is 0 Å². The summed E-state index contributed by atoms with van der Waals surface area (Å²) in [7, 11) is -4.06. The third kappa shape index (κ3) is 5.22. The lowest BCUT2D eigenvalue weighted by Gasteiger charge is -2.26. The molecule has 0 aromatic heterocycles. The van der Waals surface area contributed by atoms with Crippen LogP contribution in [0.15, 0.2) is 24.3 Å². The van der Waals surface area contributed by atoms with Gasteiger partial charge >= 0.3 is 7.60 Å². The summed E-state index contributed by atoms with van der Waals surface area (Å²) < 4.78 is 21.7. The molecule has 1 rings (SSSR count). The summed E-state index contributed by atoms with van der Waals surface area (Å²) in [5, 5.41) is -1.36. The standard InChI is InChI=1S/C12H18ClO5P/c1-3-17-12(13,18-4-2)11-7-5-10(6-8-11)9-19(14,15)16/h5-8H,3-4,9H2,1-2H3,(H2,14,15,16). The van der Waals surface area contributed by atoms with Gasteiger partial charge in [-0.25, -0.2) is 0 Å². The maximum Gasteiger partial charge on any atom is 0.329 e. The van der Waals surface area contributed by atoms with E-state index in [4.69, 9.17) is 30.9 Å². The zero-order valence-electron chi connectivity index (χ0n) is 10.9. The molecule has 19 heavy (non-hydrogen) atoms. The summed E-state index contributed by atoms with van der Waals surface area (Å²) in [5.41, 5.74) is 1.12. The number of hydrogen-bond donors (Lipinski definition) is 2. The Balaban J connectivity index is 2.92. The summed E-state index contributed by atoms with van der Waals surface area (Å²) in [4.78, 5) is 17.8. The minimum absolute atomic E-state index is 0.300. The average molecular weight is 309 g/mol. The summed E-state index contributed by atoms with van der Waals surface area (Å²) in [6.45, 7) is 4.37. The van der Waals surface area contributed by atoms with E-state index in [2.05, 4.69) is 0 Å². The highest BCUT2D eigenvalue weighted by atomic mass is 35.5. The van der Waals surface area contributed by atoms with E-state index < -0.39 is 12.8 Å². The molecule has 0 aliphatic rings. The molecule has 108 valence electrons. The molecular formula is C12H18ClO5P. The predicted octanol–water partition coefficient (Wildman–Crippen LogP) is 2.79. The van der Waals surface area contributed by atoms with E-state index in [9.17, 15) is 4.57 Å². The van der Waals surface area contributed by atoms with Crippen LogP contribution in [0.25, 0.3) is 0 Å². The second kappa shape index (κ2) is 6.84. The van der Waals surface area contributed by atoms with E-state index >= 15 is 0 Å². The quantitative estimate of drug-likeness (QED) is 0.460. The number of alkyl halides is 1. The normalized spacial score (nSPS) is 12.7. The zero-order valence-corrected chi connectivity index (χ0v) is 12.5. The molecule has 0 amide bonds. The Kier molecular flexibility index (Phi) is 5.99. The van der Waals surface area contributed by atoms with Gasteiger partial charge in [0.1, 0.15) is 0 Å². The highest BCUT2D eigenvalue weighted by Gasteiger charge is 2.31. The molecule has 1 aromatic rings. The minimum atomic E-state index is -4.06. The van der Waals surface area contributed by atoms with E-state index in [1.54, 1.807) is 38.1 Å². The van der Waals surface area contributed by atoms with Crippen molar-refractivity contribution in [3.63, 3.8) is 0 Å². The summed E-state index contributed by atoms with van der Waals surface area (Å²) in [5.74, 6) is 0. The Morgan fingerprint density at radius 1 is 1.16 bits per heavy atom. The smallest absolute Gasteiger partial charge is 0.329 e. The predicted molar refractivity (Wildman–Crippen MR) is 73.0 cm³/mol. The minimum Gasteiger partial charge on any atom is -0.334 e. The molecule has 1 aromatic carbocycles. The van der Waals surface area contributed by atoms with Crippen LogP contribution in [0.5, 0.6) is 0 Å². The first-order valence-electron chi connectivity index (χ1n) is 5.91. The molecule has 0 aliphatic heterocycles. The number of hydrogen-bond acceptors (Lipinski definition) is 3. The largest absolute Gasteiger partial charge is 0.334 e. The van der Waals surface area contributed by atoms with Crippen molar-refractivity contribution >= 4 is 19.2 Å². The lowest BCUT2D eigenvalue weighted by Crippen LogP contribution is -2.26. The monoisotopic (exact) mass is 308 g/mol. The van der Waals surface area contributed by atoms with E-state index in [1.165, 1.54) is 0 Å². The lowest BCUT2D eigenvalue weighted by atomic mass is 10.1. The Bertz CT molecular complexity index is 436. The van der Waals surface area contributed by atoms with E-state index in [1.807, 2.05) is 0 Å². The summed E-state index contributed by atoms with van der Waals surface area (Å²) in [6.07, 6.45) is -0.300. The van der Waals surface area contributed by atoms with Crippen molar-refractivity contribution in [2.45, 2.75) is 25.3 Å². The fourth-order valence-electron chi connectivity index (χ4n) is 1.63. The van der Waals surface area contributed by atoms with Gasteiger partial charge in [0.05, 0.1) is 6.16 Å². The molecule has 0 bridgehead atoms. The van der Waals surface area contributed by atoms with Gasteiger partial charge < -0.3 is 19.3 Å². The molecule has 5 nitrogen and oxygen atoms in total. The molecule has 0 spiro atoms. The number of halogens is 1. The van der Waals surface area contributed by atoms with Crippen LogP contribution in [0.4, 0.5) is 0 Å². The highest BCUT2D eigenvalue weighted by Crippen LogP contribution is 2.39. The van der Waals surface area contributed by atoms with E-state index in [0.717, 1.165) is 0 Å². The Labute approximate surface area is 117 Å². The van der Waals surface area contributed by atoms with Crippen LogP contribution in [0.2, 0.25) is 0 Å². The maximum absolute atomic E-state index is 10.9. The molecule has 7 heteroatoms. The zero-order chi connectivity index (χ0) is 14.5. The van der Waals surface area contributed by atoms with Crippen molar-refractivity contribution in [3.05, 3.63) is 35.4 Å². The van der Waals surface area contributed by atoms with Crippen molar-refractivity contribution in [2.24, 2.45) is 0 Å². The van der Waals surface area contributed by atoms with Crippen molar-refractivity contribution in [1.82, 2.24) is 0 Å². The Morgan fingerprint density at radius 2 is 1.63 bits per heavy atom. The van der Waals surface area contributed by atoms with Crippen LogP contribution in [0.3, 0.4) is 0 Å². The maximum atomic E-state index is 10.9. The first-order chi connectivity index (χ1) is 8.80. The van der Waals surface area contributed by atoms with Gasteiger partial charge in [-0.15, -0.1) is 0 Å². The number of benzene rings is 1. The van der Waals surface area contributed by atoms with Crippen LogP contribution >= 0.6 is 19.2 Å². The molecule has 0 radical (unpaired) electrons. The molecule has 2 N–H and O–H groups in total. The lowest BCUT2D eigenvalue weighted by molar-refractivity contribution is -0.179. The van der Waals surface area contributed by atoms with E-state index in [-0.39, 0.29) is 6.16 Å². The Hall–Kier alpha value is -0.420. The fraction of sp³-hybridized carbons (Fsp3) is 0.500. The van der Waals surface area contributed by atoms with Gasteiger partial charge in [0.25, 0.3) is 5.25 Å². The highest BCUT2D eigenvalue weighted by molar-refractivity contribution is 7.50. The second-order valence-corrected chi connectivity index (χ2v) is 6.07. The third-order valence-electron chi connectivity index (χ3n) is 2.35. The van der Waals surface area contributed by atoms with Crippen molar-refractivity contribution in [2.75, 3.05) is 13.2 Å². The molecule has 0 fully saturated rings. The van der Waals surface area contributed by atoms with Gasteiger partial charge in [0.2, 0.25) is 0 Å². The van der Waals surface area contributed by atoms with Crippen LogP contribution in [-0.2, 0) is 25.4 Å². The molecular weight excluding hydrogens is 291 g/mol. The van der Waals surface area contributed by atoms with Gasteiger partial charge in [-0.2, -0.15) is 0 Å². The molecule has 0 heterocycles. The van der Waals surface area contributed by atoms with Crippen LogP contribution in [-0.4, -0.2) is 23.0 Å². The fourth-order valence-corrected chi connectivity index (χ4v) is 2.66. The van der Waals surface area contributed by atoms with Gasteiger partial charge in [0, 0.05) is 18.8 Å². The number of rotatable bonds is 7. The molecule has 0 aliphatic carbocycles. The SMILES string of the molecule is CCOC(Cl)(OCC)c1ccc(CP(=O)(O)O)cc1. The van der Waals surface area contributed by atoms with Gasteiger partial charge in [-0.05, 0) is 19.4 Å². The average Bonchev–Trinajstić information content (AvgIpc) is 2.28. The number of ether oxygens (including phenoxy) is 2. The van der Waals surface area contributed by atoms with Crippen LogP contribution in [0.1, 0.15) is 25.0 Å². The first kappa shape index (κ1) is 16.6. The van der Waals surface area contributed by atoms with Crippen molar-refractivity contribution < 1.29 is 23.8 Å². The van der Waals surface area contributed by atoms with Crippen molar-refractivity contribution in [1.29, 1.82) is 0 Å².